The fourth-order valence-corrected chi connectivity index (χ4v) is 24.7. The molecule has 0 aliphatic heterocycles. The number of fused-ring (bicyclic) bond motifs is 1. The SMILES string of the molecule is CC(C)(C)OC(=O)C1(C(=O)OC(C)(C)C)C2C3=CC4CC5CC6CC7CC8CC9CC%10=CC21C1C2=C3C4C3C5C4C6C7C5C8C6C9C%10C1C1C2C3C4C5C16. The van der Waals surface area contributed by atoms with Gasteiger partial charge in [-0.1, -0.05) is 23.3 Å². The van der Waals surface area contributed by atoms with Gasteiger partial charge in [-0.05, 0) is 239 Å². The maximum absolute atomic E-state index is 15.5. The van der Waals surface area contributed by atoms with Crippen molar-refractivity contribution in [1.82, 2.24) is 0 Å². The fourth-order valence-electron chi connectivity index (χ4n) is 24.7. The van der Waals surface area contributed by atoms with Crippen LogP contribution in [0.4, 0.5) is 0 Å². The minimum Gasteiger partial charge on any atom is -0.459 e. The summed E-state index contributed by atoms with van der Waals surface area (Å²) >= 11 is 0. The van der Waals surface area contributed by atoms with Crippen LogP contribution in [-0.4, -0.2) is 23.1 Å². The Balaban J connectivity index is 1.00. The second-order valence-corrected chi connectivity index (χ2v) is 26.0. The number of hydrogen-bond acceptors (Lipinski definition) is 4. The summed E-state index contributed by atoms with van der Waals surface area (Å²) < 4.78 is 13.2. The van der Waals surface area contributed by atoms with Crippen molar-refractivity contribution in [3.05, 3.63) is 34.4 Å². The lowest BCUT2D eigenvalue weighted by molar-refractivity contribution is -0.180. The van der Waals surface area contributed by atoms with Crippen molar-refractivity contribution in [2.24, 2.45) is 165 Å². The van der Waals surface area contributed by atoms with Crippen LogP contribution in [0.25, 0.3) is 0 Å². The van der Waals surface area contributed by atoms with E-state index in [9.17, 15) is 0 Å². The first-order valence-corrected chi connectivity index (χ1v) is 23.5. The molecule has 1 spiro atoms. The number of allylic oxidation sites excluding steroid dienone is 6. The number of rotatable bonds is 2. The topological polar surface area (TPSA) is 52.6 Å². The van der Waals surface area contributed by atoms with E-state index >= 15 is 9.59 Å². The van der Waals surface area contributed by atoms with Gasteiger partial charge >= 0.3 is 11.9 Å². The molecule has 0 heterocycles. The molecule has 27 unspecified atom stereocenters. The molecule has 17 aliphatic carbocycles. The number of esters is 2. The van der Waals surface area contributed by atoms with Gasteiger partial charge in [0.25, 0.3) is 0 Å². The highest BCUT2D eigenvalue weighted by atomic mass is 16.6. The highest BCUT2D eigenvalue weighted by Gasteiger charge is 2.96. The average Bonchev–Trinajstić information content (AvgIpc) is 3.76. The summed E-state index contributed by atoms with van der Waals surface area (Å²) in [5.74, 6) is 21.3. The highest BCUT2D eigenvalue weighted by Crippen LogP contribution is 2.96. The van der Waals surface area contributed by atoms with Gasteiger partial charge in [-0.25, -0.2) is 0 Å². The monoisotopic (exact) mass is 722 g/mol. The predicted molar refractivity (Wildman–Crippen MR) is 198 cm³/mol. The molecule has 0 amide bonds. The lowest BCUT2D eigenvalue weighted by Crippen LogP contribution is -2.57. The van der Waals surface area contributed by atoms with Gasteiger partial charge in [-0.15, -0.1) is 0 Å². The molecule has 27 atom stereocenters. The Labute approximate surface area is 320 Å². The zero-order valence-corrected chi connectivity index (χ0v) is 33.0. The molecule has 0 N–H and O–H groups in total. The molecule has 4 heteroatoms. The van der Waals surface area contributed by atoms with Crippen LogP contribution in [0.5, 0.6) is 0 Å². The van der Waals surface area contributed by atoms with Gasteiger partial charge in [-0.3, -0.25) is 9.59 Å². The molecule has 0 aromatic carbocycles. The smallest absolute Gasteiger partial charge is 0.325 e. The summed E-state index contributed by atoms with van der Waals surface area (Å²) in [5, 5.41) is 0. The molecule has 17 aliphatic rings. The van der Waals surface area contributed by atoms with E-state index in [4.69, 9.17) is 9.47 Å². The van der Waals surface area contributed by atoms with Crippen molar-refractivity contribution in [2.45, 2.75) is 91.3 Å². The molecule has 13 saturated carbocycles. The summed E-state index contributed by atoms with van der Waals surface area (Å²) in [7, 11) is 0. The maximum Gasteiger partial charge on any atom is 0.325 e. The van der Waals surface area contributed by atoms with Gasteiger partial charge in [0.05, 0.1) is 0 Å². The van der Waals surface area contributed by atoms with E-state index in [-0.39, 0.29) is 17.9 Å². The van der Waals surface area contributed by atoms with Crippen LogP contribution in [0.15, 0.2) is 34.4 Å². The van der Waals surface area contributed by atoms with Crippen LogP contribution < -0.4 is 0 Å². The van der Waals surface area contributed by atoms with Crippen molar-refractivity contribution in [2.75, 3.05) is 0 Å². The van der Waals surface area contributed by atoms with Crippen molar-refractivity contribution in [3.63, 3.8) is 0 Å². The zero-order chi connectivity index (χ0) is 35.5. The van der Waals surface area contributed by atoms with E-state index in [0.717, 1.165) is 118 Å². The summed E-state index contributed by atoms with van der Waals surface area (Å²) in [6.45, 7) is 12.0. The van der Waals surface area contributed by atoms with E-state index in [0.29, 0.717) is 29.6 Å². The Morgan fingerprint density at radius 1 is 0.574 bits per heavy atom. The van der Waals surface area contributed by atoms with E-state index in [1.54, 1.807) is 30.4 Å². The Hall–Kier alpha value is -1.84. The standard InChI is InChI=1S/C50H58O4/c1-47(2,3)53-45(51)50(46(52)54-48(4,5)6)44-22-13-20-11-18-9-16-7-15-8-17-10-19-12-21-14-49(44,50)43-41-29(21)25(19)33-27(17)31-23(15)24(16)32-28(18)34-26(20)30(22)42(43)40-38(34)36(32)35(31)37(33)39(40)41/h13-20,23-29,31-41,43-44H,7-12H2,1-6H3. The number of ether oxygens (including phenoxy) is 2. The zero-order valence-electron chi connectivity index (χ0n) is 33.0. The second-order valence-electron chi connectivity index (χ2n) is 26.0. The number of carbonyl (C=O) groups excluding carboxylic acids is 2. The first-order valence-electron chi connectivity index (χ1n) is 23.5. The summed E-state index contributed by atoms with van der Waals surface area (Å²) in [6, 6.07) is 0. The van der Waals surface area contributed by atoms with Crippen LogP contribution in [-0.2, 0) is 19.1 Å². The minimum absolute atomic E-state index is 0.117. The third-order valence-corrected chi connectivity index (χ3v) is 23.4. The Bertz CT molecular complexity index is 2090. The minimum atomic E-state index is -1.28. The van der Waals surface area contributed by atoms with Crippen molar-refractivity contribution >= 4 is 11.9 Å². The van der Waals surface area contributed by atoms with Crippen LogP contribution in [0.1, 0.15) is 80.1 Å². The number of hydrogen-bond donors (Lipinski definition) is 0. The molecule has 0 radical (unpaired) electrons. The van der Waals surface area contributed by atoms with Gasteiger partial charge in [0, 0.05) is 11.3 Å². The summed E-state index contributed by atoms with van der Waals surface area (Å²) in [4.78, 5) is 31.1. The maximum atomic E-state index is 15.5. The molecule has 0 saturated heterocycles. The van der Waals surface area contributed by atoms with E-state index in [1.807, 2.05) is 47.1 Å². The van der Waals surface area contributed by atoms with E-state index in [1.165, 1.54) is 24.8 Å². The molecule has 13 fully saturated rings. The van der Waals surface area contributed by atoms with E-state index in [2.05, 4.69) is 12.2 Å². The molecular weight excluding hydrogens is 665 g/mol. The lowest BCUT2D eigenvalue weighted by Gasteiger charge is -2.61. The third-order valence-electron chi connectivity index (χ3n) is 23.4. The van der Waals surface area contributed by atoms with Gasteiger partial charge < -0.3 is 9.47 Å². The largest absolute Gasteiger partial charge is 0.459 e. The Morgan fingerprint density at radius 2 is 1.07 bits per heavy atom. The highest BCUT2D eigenvalue weighted by molar-refractivity contribution is 6.09. The van der Waals surface area contributed by atoms with Gasteiger partial charge in [0.2, 0.25) is 0 Å². The quantitative estimate of drug-likeness (QED) is 0.163. The average molecular weight is 723 g/mol. The van der Waals surface area contributed by atoms with Crippen molar-refractivity contribution < 1.29 is 19.1 Å². The molecule has 54 heavy (non-hydrogen) atoms. The Morgan fingerprint density at radius 3 is 1.72 bits per heavy atom. The third kappa shape index (κ3) is 2.46. The Kier molecular flexibility index (Phi) is 4.26. The second kappa shape index (κ2) is 7.84. The van der Waals surface area contributed by atoms with Crippen molar-refractivity contribution in [3.8, 4) is 0 Å². The fraction of sp³-hybridized carbons (Fsp3) is 0.840. The molecule has 0 aromatic heterocycles. The lowest BCUT2D eigenvalue weighted by atomic mass is 9.43. The first kappa shape index (κ1) is 29.4. The van der Waals surface area contributed by atoms with Crippen LogP contribution >= 0.6 is 0 Å². The summed E-state index contributed by atoms with van der Waals surface area (Å²) in [6.07, 6.45) is 14.4. The molecule has 0 bridgehead atoms. The van der Waals surface area contributed by atoms with E-state index < -0.39 is 22.0 Å². The normalized spacial score (nSPS) is 66.4. The van der Waals surface area contributed by atoms with Crippen LogP contribution in [0.2, 0.25) is 0 Å². The van der Waals surface area contributed by atoms with Gasteiger partial charge in [-0.2, -0.15) is 0 Å². The molecular formula is C50H58O4. The number of carbonyl (C=O) groups is 2. The van der Waals surface area contributed by atoms with Gasteiger partial charge in [0.15, 0.2) is 5.41 Å². The van der Waals surface area contributed by atoms with Crippen LogP contribution in [0.3, 0.4) is 0 Å². The van der Waals surface area contributed by atoms with Gasteiger partial charge in [0.1, 0.15) is 11.2 Å². The predicted octanol–water partition coefficient (Wildman–Crippen LogP) is 8.39. The van der Waals surface area contributed by atoms with Crippen LogP contribution in [0, 0.1) is 165 Å². The molecule has 4 nitrogen and oxygen atoms in total. The summed E-state index contributed by atoms with van der Waals surface area (Å²) in [5.41, 5.74) is 3.73. The van der Waals surface area contributed by atoms with Crippen molar-refractivity contribution in [1.29, 1.82) is 0 Å². The molecule has 17 rings (SSSR count). The molecule has 282 valence electrons. The first-order chi connectivity index (χ1) is 25.8. The molecule has 0 aromatic rings.